The Bertz CT molecular complexity index is 906. The van der Waals surface area contributed by atoms with E-state index in [1.807, 2.05) is 6.07 Å². The summed E-state index contributed by atoms with van der Waals surface area (Å²) in [6.45, 7) is 1.72. The number of rotatable bonds is 4. The predicted octanol–water partition coefficient (Wildman–Crippen LogP) is 2.56. The second kappa shape index (κ2) is 6.50. The molecule has 1 unspecified atom stereocenters. The van der Waals surface area contributed by atoms with Crippen LogP contribution >= 0.6 is 0 Å². The largest absolute Gasteiger partial charge is 0.433 e. The number of halogens is 3. The zero-order chi connectivity index (χ0) is 18.0. The molecule has 6 nitrogen and oxygen atoms in total. The van der Waals surface area contributed by atoms with Gasteiger partial charge in [0, 0.05) is 6.20 Å². The first-order valence-corrected chi connectivity index (χ1v) is 7.47. The van der Waals surface area contributed by atoms with Crippen LogP contribution < -0.4 is 5.32 Å². The highest BCUT2D eigenvalue weighted by Gasteiger charge is 2.32. The van der Waals surface area contributed by atoms with E-state index in [0.717, 1.165) is 6.07 Å². The zero-order valence-corrected chi connectivity index (χ0v) is 13.2. The van der Waals surface area contributed by atoms with Crippen LogP contribution in [0, 0.1) is 0 Å². The lowest BCUT2D eigenvalue weighted by atomic mass is 10.2. The Morgan fingerprint density at radius 1 is 1.20 bits per heavy atom. The molecule has 0 aromatic carbocycles. The molecule has 3 aromatic heterocycles. The summed E-state index contributed by atoms with van der Waals surface area (Å²) in [5.41, 5.74) is -0.335. The molecule has 3 rings (SSSR count). The quantitative estimate of drug-likeness (QED) is 0.786. The van der Waals surface area contributed by atoms with E-state index in [2.05, 4.69) is 20.5 Å². The maximum Gasteiger partial charge on any atom is 0.433 e. The standard InChI is InChI=1S/C16H14F3N5O/c1-10(15-23-22-13-7-2-3-8-24(13)15)20-14(25)9-11-5-4-6-12(21-11)16(17,18)19/h2-8,10H,9H2,1H3,(H,20,25). The van der Waals surface area contributed by atoms with Crippen molar-refractivity contribution in [1.29, 1.82) is 0 Å². The topological polar surface area (TPSA) is 72.2 Å². The van der Waals surface area contributed by atoms with Crippen LogP contribution in [0.4, 0.5) is 13.2 Å². The van der Waals surface area contributed by atoms with Crippen molar-refractivity contribution in [2.75, 3.05) is 0 Å². The van der Waals surface area contributed by atoms with Crippen molar-refractivity contribution in [1.82, 2.24) is 24.9 Å². The molecule has 0 saturated carbocycles. The zero-order valence-electron chi connectivity index (χ0n) is 13.2. The molecular weight excluding hydrogens is 335 g/mol. The fourth-order valence-corrected chi connectivity index (χ4v) is 2.41. The molecule has 1 N–H and O–H groups in total. The Morgan fingerprint density at radius 3 is 2.76 bits per heavy atom. The number of nitrogens with one attached hydrogen (secondary N) is 1. The molecule has 0 bridgehead atoms. The Morgan fingerprint density at radius 2 is 2.00 bits per heavy atom. The van der Waals surface area contributed by atoms with E-state index < -0.39 is 23.8 Å². The highest BCUT2D eigenvalue weighted by Crippen LogP contribution is 2.27. The number of hydrogen-bond donors (Lipinski definition) is 1. The molecule has 1 atom stereocenters. The molecule has 0 fully saturated rings. The lowest BCUT2D eigenvalue weighted by Gasteiger charge is -2.13. The van der Waals surface area contributed by atoms with E-state index in [1.165, 1.54) is 12.1 Å². The number of pyridine rings is 2. The van der Waals surface area contributed by atoms with E-state index in [-0.39, 0.29) is 12.1 Å². The highest BCUT2D eigenvalue weighted by molar-refractivity contribution is 5.78. The molecule has 25 heavy (non-hydrogen) atoms. The smallest absolute Gasteiger partial charge is 0.346 e. The maximum atomic E-state index is 12.7. The van der Waals surface area contributed by atoms with Crippen molar-refractivity contribution in [3.8, 4) is 0 Å². The molecule has 0 aliphatic heterocycles. The summed E-state index contributed by atoms with van der Waals surface area (Å²) in [5.74, 6) is 0.0768. The summed E-state index contributed by atoms with van der Waals surface area (Å²) in [6.07, 6.45) is -3.03. The van der Waals surface area contributed by atoms with Gasteiger partial charge in [0.25, 0.3) is 0 Å². The second-order valence-electron chi connectivity index (χ2n) is 5.46. The van der Waals surface area contributed by atoms with Crippen LogP contribution in [0.2, 0.25) is 0 Å². The van der Waals surface area contributed by atoms with Gasteiger partial charge in [0.1, 0.15) is 5.69 Å². The minimum absolute atomic E-state index is 0.0469. The summed E-state index contributed by atoms with van der Waals surface area (Å²) in [6, 6.07) is 8.41. The number of amides is 1. The Kier molecular flexibility index (Phi) is 4.39. The van der Waals surface area contributed by atoms with Gasteiger partial charge in [-0.3, -0.25) is 9.20 Å². The van der Waals surface area contributed by atoms with Gasteiger partial charge in [-0.05, 0) is 31.2 Å². The summed E-state index contributed by atoms with van der Waals surface area (Å²) in [4.78, 5) is 15.6. The van der Waals surface area contributed by atoms with Gasteiger partial charge < -0.3 is 5.32 Å². The molecular formula is C16H14F3N5O. The third-order valence-corrected chi connectivity index (χ3v) is 3.54. The van der Waals surface area contributed by atoms with Gasteiger partial charge in [-0.1, -0.05) is 12.1 Å². The van der Waals surface area contributed by atoms with Crippen LogP contribution in [0.5, 0.6) is 0 Å². The minimum Gasteiger partial charge on any atom is -0.346 e. The van der Waals surface area contributed by atoms with Crippen molar-refractivity contribution in [3.63, 3.8) is 0 Å². The van der Waals surface area contributed by atoms with Gasteiger partial charge >= 0.3 is 6.18 Å². The number of carbonyl (C=O) groups excluding carboxylic acids is 1. The van der Waals surface area contributed by atoms with Crippen LogP contribution in [0.15, 0.2) is 42.6 Å². The first kappa shape index (κ1) is 16.9. The Labute approximate surface area is 140 Å². The number of carbonyl (C=O) groups is 1. The van der Waals surface area contributed by atoms with E-state index in [4.69, 9.17) is 0 Å². The van der Waals surface area contributed by atoms with Crippen LogP contribution in [0.1, 0.15) is 30.2 Å². The summed E-state index contributed by atoms with van der Waals surface area (Å²) < 4.78 is 39.7. The van der Waals surface area contributed by atoms with Gasteiger partial charge in [-0.15, -0.1) is 10.2 Å². The molecule has 3 aromatic rings. The molecule has 3 heterocycles. The molecule has 1 amide bonds. The van der Waals surface area contributed by atoms with Crippen LogP contribution in [-0.4, -0.2) is 25.5 Å². The monoisotopic (exact) mass is 349 g/mol. The Balaban J connectivity index is 1.70. The summed E-state index contributed by atoms with van der Waals surface area (Å²) in [5, 5.41) is 10.7. The highest BCUT2D eigenvalue weighted by atomic mass is 19.4. The van der Waals surface area contributed by atoms with Crippen molar-refractivity contribution in [2.24, 2.45) is 0 Å². The van der Waals surface area contributed by atoms with E-state index in [0.29, 0.717) is 11.5 Å². The summed E-state index contributed by atoms with van der Waals surface area (Å²) in [7, 11) is 0. The van der Waals surface area contributed by atoms with Gasteiger partial charge in [-0.25, -0.2) is 4.98 Å². The molecule has 0 spiro atoms. The van der Waals surface area contributed by atoms with E-state index >= 15 is 0 Å². The number of nitrogens with zero attached hydrogens (tertiary/aromatic N) is 4. The number of aromatic nitrogens is 4. The maximum absolute atomic E-state index is 12.7. The number of hydrogen-bond acceptors (Lipinski definition) is 4. The lowest BCUT2D eigenvalue weighted by molar-refractivity contribution is -0.141. The molecule has 0 aliphatic carbocycles. The van der Waals surface area contributed by atoms with Gasteiger partial charge in [0.15, 0.2) is 11.5 Å². The second-order valence-corrected chi connectivity index (χ2v) is 5.46. The Hall–Kier alpha value is -2.97. The van der Waals surface area contributed by atoms with Gasteiger partial charge in [0.05, 0.1) is 18.2 Å². The van der Waals surface area contributed by atoms with E-state index in [9.17, 15) is 18.0 Å². The minimum atomic E-state index is -4.54. The fraction of sp³-hybridized carbons (Fsp3) is 0.250. The average Bonchev–Trinajstić information content (AvgIpc) is 2.98. The van der Waals surface area contributed by atoms with Gasteiger partial charge in [0.2, 0.25) is 5.91 Å². The van der Waals surface area contributed by atoms with Crippen molar-refractivity contribution in [3.05, 3.63) is 59.8 Å². The molecule has 0 saturated heterocycles. The molecule has 9 heteroatoms. The normalized spacial score (nSPS) is 13.0. The number of fused-ring (bicyclic) bond motifs is 1. The lowest BCUT2D eigenvalue weighted by Crippen LogP contribution is -2.29. The molecule has 0 radical (unpaired) electrons. The predicted molar refractivity (Wildman–Crippen MR) is 82.5 cm³/mol. The molecule has 0 aliphatic rings. The fourth-order valence-electron chi connectivity index (χ4n) is 2.41. The third-order valence-electron chi connectivity index (χ3n) is 3.54. The van der Waals surface area contributed by atoms with E-state index in [1.54, 1.807) is 29.7 Å². The third kappa shape index (κ3) is 3.76. The van der Waals surface area contributed by atoms with Crippen molar-refractivity contribution < 1.29 is 18.0 Å². The van der Waals surface area contributed by atoms with Crippen molar-refractivity contribution in [2.45, 2.75) is 25.6 Å². The van der Waals surface area contributed by atoms with Gasteiger partial charge in [-0.2, -0.15) is 13.2 Å². The average molecular weight is 349 g/mol. The van der Waals surface area contributed by atoms with Crippen LogP contribution in [-0.2, 0) is 17.4 Å². The number of alkyl halides is 3. The van der Waals surface area contributed by atoms with Crippen LogP contribution in [0.3, 0.4) is 0 Å². The van der Waals surface area contributed by atoms with Crippen LogP contribution in [0.25, 0.3) is 5.65 Å². The van der Waals surface area contributed by atoms with Crippen molar-refractivity contribution >= 4 is 11.6 Å². The first-order valence-electron chi connectivity index (χ1n) is 7.47. The SMILES string of the molecule is CC(NC(=O)Cc1cccc(C(F)(F)F)n1)c1nnc2ccccn12. The summed E-state index contributed by atoms with van der Waals surface area (Å²) >= 11 is 0. The first-order chi connectivity index (χ1) is 11.8. The molecule has 130 valence electrons.